The molecule has 3 nitrogen and oxygen atoms in total. The van der Waals surface area contributed by atoms with E-state index in [2.05, 4.69) is 5.32 Å². The van der Waals surface area contributed by atoms with Crippen LogP contribution in [0.25, 0.3) is 0 Å². The van der Waals surface area contributed by atoms with Crippen LogP contribution in [0.15, 0.2) is 29.2 Å². The molecule has 1 aromatic carbocycles. The molecular weight excluding hydrogens is 282 g/mol. The lowest BCUT2D eigenvalue weighted by Gasteiger charge is -2.11. The zero-order chi connectivity index (χ0) is 15.2. The monoisotopic (exact) mass is 305 g/mol. The Labute approximate surface area is 130 Å². The number of amides is 1. The van der Waals surface area contributed by atoms with Crippen LogP contribution in [0.2, 0.25) is 0 Å². The number of hydrogen-bond donors (Lipinski definition) is 1. The van der Waals surface area contributed by atoms with Crippen LogP contribution in [0.5, 0.6) is 0 Å². The first kappa shape index (κ1) is 16.1. The van der Waals surface area contributed by atoms with Crippen molar-refractivity contribution in [2.45, 2.75) is 50.5 Å². The number of carbonyl (C=O) groups excluding carboxylic acids is 2. The van der Waals surface area contributed by atoms with E-state index in [4.69, 9.17) is 0 Å². The molecule has 1 N–H and O–H groups in total. The number of thioether (sulfide) groups is 1. The molecule has 114 valence electrons. The molecule has 0 heterocycles. The molecule has 0 atom stereocenters. The minimum atomic E-state index is 0.0145. The van der Waals surface area contributed by atoms with Gasteiger partial charge in [0.05, 0.1) is 5.75 Å². The van der Waals surface area contributed by atoms with Crippen LogP contribution in [0, 0.1) is 5.92 Å². The predicted molar refractivity (Wildman–Crippen MR) is 86.7 cm³/mol. The van der Waals surface area contributed by atoms with Gasteiger partial charge in [0.15, 0.2) is 5.78 Å². The summed E-state index contributed by atoms with van der Waals surface area (Å²) in [6.07, 6.45) is 4.68. The lowest BCUT2D eigenvalue weighted by molar-refractivity contribution is -0.119. The molecule has 0 aliphatic heterocycles. The Hall–Kier alpha value is -1.29. The van der Waals surface area contributed by atoms with Crippen molar-refractivity contribution in [3.05, 3.63) is 29.8 Å². The molecule has 4 heteroatoms. The molecule has 1 saturated carbocycles. The molecular formula is C17H23NO2S. The Kier molecular flexibility index (Phi) is 5.85. The van der Waals surface area contributed by atoms with Crippen LogP contribution in [-0.2, 0) is 4.79 Å². The molecule has 1 aliphatic carbocycles. The molecule has 1 aromatic rings. The fourth-order valence-electron chi connectivity index (χ4n) is 2.54. The zero-order valence-electron chi connectivity index (χ0n) is 12.7. The molecule has 0 spiro atoms. The molecule has 1 amide bonds. The summed E-state index contributed by atoms with van der Waals surface area (Å²) in [4.78, 5) is 24.7. The summed E-state index contributed by atoms with van der Waals surface area (Å²) in [5.41, 5.74) is 0.741. The van der Waals surface area contributed by atoms with Crippen LogP contribution < -0.4 is 5.32 Å². The average Bonchev–Trinajstić information content (AvgIpc) is 2.97. The molecule has 0 saturated heterocycles. The maximum absolute atomic E-state index is 11.9. The van der Waals surface area contributed by atoms with E-state index in [0.29, 0.717) is 11.8 Å². The highest BCUT2D eigenvalue weighted by molar-refractivity contribution is 8.00. The zero-order valence-corrected chi connectivity index (χ0v) is 13.5. The summed E-state index contributed by atoms with van der Waals surface area (Å²) >= 11 is 1.52. The third-order valence-corrected chi connectivity index (χ3v) is 4.77. The smallest absolute Gasteiger partial charge is 0.230 e. The van der Waals surface area contributed by atoms with Crippen molar-refractivity contribution < 1.29 is 9.59 Å². The van der Waals surface area contributed by atoms with Crippen molar-refractivity contribution in [3.63, 3.8) is 0 Å². The Morgan fingerprint density at radius 3 is 2.38 bits per heavy atom. The van der Waals surface area contributed by atoms with Crippen LogP contribution >= 0.6 is 11.8 Å². The number of ketones is 1. The Morgan fingerprint density at radius 2 is 1.81 bits per heavy atom. The second-order valence-electron chi connectivity index (χ2n) is 5.88. The van der Waals surface area contributed by atoms with Crippen LogP contribution in [0.3, 0.4) is 0 Å². The highest BCUT2D eigenvalue weighted by Crippen LogP contribution is 2.21. The SMILES string of the molecule is CC(C)C(=O)c1ccc(SCC(=O)NC2CCCC2)cc1. The predicted octanol–water partition coefficient (Wildman–Crippen LogP) is 3.68. The first-order valence-corrected chi connectivity index (χ1v) is 8.61. The summed E-state index contributed by atoms with van der Waals surface area (Å²) < 4.78 is 0. The van der Waals surface area contributed by atoms with Gasteiger partial charge in [0, 0.05) is 22.4 Å². The largest absolute Gasteiger partial charge is 0.353 e. The summed E-state index contributed by atoms with van der Waals surface area (Å²) in [5, 5.41) is 3.08. The highest BCUT2D eigenvalue weighted by Gasteiger charge is 2.17. The average molecular weight is 305 g/mol. The second-order valence-corrected chi connectivity index (χ2v) is 6.93. The van der Waals surface area contributed by atoms with Crippen molar-refractivity contribution in [1.82, 2.24) is 5.32 Å². The summed E-state index contributed by atoms with van der Waals surface area (Å²) in [6.45, 7) is 3.80. The second kappa shape index (κ2) is 7.64. The standard InChI is InChI=1S/C17H23NO2S/c1-12(2)17(20)13-7-9-15(10-8-13)21-11-16(19)18-14-5-3-4-6-14/h7-10,12,14H,3-6,11H2,1-2H3,(H,18,19). The van der Waals surface area contributed by atoms with Gasteiger partial charge in [-0.2, -0.15) is 0 Å². The van der Waals surface area contributed by atoms with Crippen molar-refractivity contribution in [1.29, 1.82) is 0 Å². The van der Waals surface area contributed by atoms with Crippen LogP contribution in [0.4, 0.5) is 0 Å². The summed E-state index contributed by atoms with van der Waals surface area (Å²) in [6, 6.07) is 7.91. The van der Waals surface area contributed by atoms with Gasteiger partial charge in [-0.3, -0.25) is 9.59 Å². The summed E-state index contributed by atoms with van der Waals surface area (Å²) in [5.74, 6) is 0.717. The molecule has 0 aromatic heterocycles. The van der Waals surface area contributed by atoms with E-state index >= 15 is 0 Å². The van der Waals surface area contributed by atoms with Crippen molar-refractivity contribution in [2.75, 3.05) is 5.75 Å². The maximum Gasteiger partial charge on any atom is 0.230 e. The Balaban J connectivity index is 1.80. The van der Waals surface area contributed by atoms with Gasteiger partial charge in [-0.1, -0.05) is 38.8 Å². The van der Waals surface area contributed by atoms with Crippen molar-refractivity contribution in [2.24, 2.45) is 5.92 Å². The molecule has 0 radical (unpaired) electrons. The van der Waals surface area contributed by atoms with Gasteiger partial charge in [0.25, 0.3) is 0 Å². The van der Waals surface area contributed by atoms with Crippen molar-refractivity contribution in [3.8, 4) is 0 Å². The first-order chi connectivity index (χ1) is 10.1. The van der Waals surface area contributed by atoms with Gasteiger partial charge in [-0.15, -0.1) is 11.8 Å². The molecule has 1 fully saturated rings. The molecule has 0 unspecified atom stereocenters. The van der Waals surface area contributed by atoms with E-state index in [1.807, 2.05) is 38.1 Å². The van der Waals surface area contributed by atoms with Gasteiger partial charge in [0.2, 0.25) is 5.91 Å². The Morgan fingerprint density at radius 1 is 1.19 bits per heavy atom. The van der Waals surface area contributed by atoms with E-state index in [1.54, 1.807) is 0 Å². The topological polar surface area (TPSA) is 46.2 Å². The van der Waals surface area contributed by atoms with Gasteiger partial charge in [-0.25, -0.2) is 0 Å². The van der Waals surface area contributed by atoms with E-state index in [-0.39, 0.29) is 17.6 Å². The van der Waals surface area contributed by atoms with E-state index in [0.717, 1.165) is 23.3 Å². The quantitative estimate of drug-likeness (QED) is 0.644. The van der Waals surface area contributed by atoms with E-state index in [1.165, 1.54) is 24.6 Å². The van der Waals surface area contributed by atoms with Gasteiger partial charge in [0.1, 0.15) is 0 Å². The van der Waals surface area contributed by atoms with Crippen molar-refractivity contribution >= 4 is 23.5 Å². The number of nitrogens with one attached hydrogen (secondary N) is 1. The third-order valence-electron chi connectivity index (χ3n) is 3.75. The minimum absolute atomic E-state index is 0.0145. The summed E-state index contributed by atoms with van der Waals surface area (Å²) in [7, 11) is 0. The molecule has 2 rings (SSSR count). The first-order valence-electron chi connectivity index (χ1n) is 7.62. The lowest BCUT2D eigenvalue weighted by Crippen LogP contribution is -2.33. The molecule has 0 bridgehead atoms. The number of benzene rings is 1. The molecule has 21 heavy (non-hydrogen) atoms. The maximum atomic E-state index is 11.9. The Bertz CT molecular complexity index is 490. The van der Waals surface area contributed by atoms with E-state index in [9.17, 15) is 9.59 Å². The van der Waals surface area contributed by atoms with E-state index < -0.39 is 0 Å². The number of rotatable bonds is 6. The van der Waals surface area contributed by atoms with Crippen LogP contribution in [-0.4, -0.2) is 23.5 Å². The fraction of sp³-hybridized carbons (Fsp3) is 0.529. The van der Waals surface area contributed by atoms with Gasteiger partial charge in [-0.05, 0) is 25.0 Å². The van der Waals surface area contributed by atoms with Gasteiger partial charge >= 0.3 is 0 Å². The third kappa shape index (κ3) is 4.88. The van der Waals surface area contributed by atoms with Crippen LogP contribution in [0.1, 0.15) is 49.9 Å². The minimum Gasteiger partial charge on any atom is -0.353 e. The number of hydrogen-bond acceptors (Lipinski definition) is 3. The lowest BCUT2D eigenvalue weighted by atomic mass is 10.0. The fourth-order valence-corrected chi connectivity index (χ4v) is 3.25. The number of Topliss-reactive ketones (excluding diaryl/α,β-unsaturated/α-hetero) is 1. The number of carbonyl (C=O) groups is 2. The normalized spacial score (nSPS) is 15.4. The van der Waals surface area contributed by atoms with Gasteiger partial charge < -0.3 is 5.32 Å². The highest BCUT2D eigenvalue weighted by atomic mass is 32.2. The molecule has 1 aliphatic rings.